The maximum absolute atomic E-state index is 12.0. The number of ether oxygens (including phenoxy) is 2. The van der Waals surface area contributed by atoms with E-state index in [1.54, 1.807) is 26.4 Å². The van der Waals surface area contributed by atoms with Gasteiger partial charge in [-0.05, 0) is 42.0 Å². The molecule has 2 aromatic carbocycles. The van der Waals surface area contributed by atoms with Gasteiger partial charge in [0.25, 0.3) is 5.91 Å². The van der Waals surface area contributed by atoms with Gasteiger partial charge in [0.15, 0.2) is 11.5 Å². The molecule has 1 amide bonds. The molecule has 0 bridgehead atoms. The fraction of sp³-hybridized carbons (Fsp3) is 0.278. The maximum Gasteiger partial charge on any atom is 0.251 e. The number of nitrogens with one attached hydrogen (secondary N) is 2. The second-order valence-corrected chi connectivity index (χ2v) is 6.04. The van der Waals surface area contributed by atoms with Crippen LogP contribution in [0.1, 0.15) is 15.9 Å². The van der Waals surface area contributed by atoms with Gasteiger partial charge >= 0.3 is 0 Å². The van der Waals surface area contributed by atoms with Crippen molar-refractivity contribution in [2.75, 3.05) is 27.3 Å². The molecule has 0 saturated carbocycles. The number of carbonyl (C=O) groups is 1. The highest BCUT2D eigenvalue weighted by Crippen LogP contribution is 2.27. The summed E-state index contributed by atoms with van der Waals surface area (Å²) in [6.07, 6.45) is 0. The summed E-state index contributed by atoms with van der Waals surface area (Å²) >= 11 is 3.35. The van der Waals surface area contributed by atoms with Gasteiger partial charge in [-0.25, -0.2) is 0 Å². The number of halogens is 1. The van der Waals surface area contributed by atoms with Crippen molar-refractivity contribution in [1.29, 1.82) is 0 Å². The first kappa shape index (κ1) is 18.3. The molecule has 5 nitrogen and oxygen atoms in total. The van der Waals surface area contributed by atoms with Gasteiger partial charge in [-0.3, -0.25) is 4.79 Å². The van der Waals surface area contributed by atoms with Gasteiger partial charge in [0.1, 0.15) is 0 Å². The van der Waals surface area contributed by atoms with Gasteiger partial charge < -0.3 is 20.1 Å². The quantitative estimate of drug-likeness (QED) is 0.677. The molecule has 0 unspecified atom stereocenters. The van der Waals surface area contributed by atoms with Crippen molar-refractivity contribution < 1.29 is 14.3 Å². The third kappa shape index (κ3) is 5.25. The van der Waals surface area contributed by atoms with Crippen LogP contribution in [0.4, 0.5) is 0 Å². The number of carbonyl (C=O) groups excluding carboxylic acids is 1. The molecule has 0 fully saturated rings. The third-order valence-corrected chi connectivity index (χ3v) is 4.00. The van der Waals surface area contributed by atoms with Gasteiger partial charge in [0.2, 0.25) is 0 Å². The fourth-order valence-corrected chi connectivity index (χ4v) is 2.46. The van der Waals surface area contributed by atoms with E-state index in [1.165, 1.54) is 0 Å². The first-order valence-electron chi connectivity index (χ1n) is 7.59. The minimum atomic E-state index is -0.0737. The Balaban J connectivity index is 1.73. The van der Waals surface area contributed by atoms with Gasteiger partial charge in [0, 0.05) is 29.7 Å². The lowest BCUT2D eigenvalue weighted by molar-refractivity contribution is 0.0954. The molecule has 2 N–H and O–H groups in total. The first-order chi connectivity index (χ1) is 11.6. The van der Waals surface area contributed by atoms with E-state index in [1.807, 2.05) is 30.3 Å². The van der Waals surface area contributed by atoms with Crippen LogP contribution in [-0.4, -0.2) is 33.2 Å². The summed E-state index contributed by atoms with van der Waals surface area (Å²) in [6, 6.07) is 13.1. The predicted molar refractivity (Wildman–Crippen MR) is 97.7 cm³/mol. The molecule has 0 radical (unpaired) electrons. The molecule has 0 atom stereocenters. The van der Waals surface area contributed by atoms with Crippen molar-refractivity contribution in [3.8, 4) is 11.5 Å². The van der Waals surface area contributed by atoms with E-state index in [9.17, 15) is 4.79 Å². The fourth-order valence-electron chi connectivity index (χ4n) is 2.19. The second kappa shape index (κ2) is 9.30. The van der Waals surface area contributed by atoms with E-state index in [0.717, 1.165) is 10.0 Å². The number of amides is 1. The van der Waals surface area contributed by atoms with Crippen molar-refractivity contribution in [2.24, 2.45) is 0 Å². The SMILES string of the molecule is COc1ccc(CNCCNC(=O)c2ccc(Br)cc2)cc1OC. The molecule has 0 aliphatic heterocycles. The average molecular weight is 393 g/mol. The first-order valence-corrected chi connectivity index (χ1v) is 8.38. The lowest BCUT2D eigenvalue weighted by Crippen LogP contribution is -2.31. The number of rotatable bonds is 8. The van der Waals surface area contributed by atoms with Crippen molar-refractivity contribution >= 4 is 21.8 Å². The van der Waals surface area contributed by atoms with Crippen LogP contribution in [-0.2, 0) is 6.54 Å². The summed E-state index contributed by atoms with van der Waals surface area (Å²) < 4.78 is 11.4. The molecule has 2 rings (SSSR count). The van der Waals surface area contributed by atoms with Gasteiger partial charge in [-0.1, -0.05) is 22.0 Å². The highest BCUT2D eigenvalue weighted by Gasteiger charge is 2.05. The van der Waals surface area contributed by atoms with Crippen LogP contribution in [0.25, 0.3) is 0 Å². The summed E-state index contributed by atoms with van der Waals surface area (Å²) in [4.78, 5) is 12.0. The molecule has 0 aromatic heterocycles. The summed E-state index contributed by atoms with van der Waals surface area (Å²) in [6.45, 7) is 1.92. The average Bonchev–Trinajstić information content (AvgIpc) is 2.61. The normalized spacial score (nSPS) is 10.3. The van der Waals surface area contributed by atoms with Crippen LogP contribution < -0.4 is 20.1 Å². The van der Waals surface area contributed by atoms with Gasteiger partial charge in [0.05, 0.1) is 14.2 Å². The van der Waals surface area contributed by atoms with E-state index in [0.29, 0.717) is 36.7 Å². The Labute approximate surface area is 150 Å². The van der Waals surface area contributed by atoms with Crippen molar-refractivity contribution in [3.05, 3.63) is 58.1 Å². The molecule has 6 heteroatoms. The lowest BCUT2D eigenvalue weighted by Gasteiger charge is -2.10. The van der Waals surface area contributed by atoms with Crippen LogP contribution in [0.5, 0.6) is 11.5 Å². The Morgan fingerprint density at radius 3 is 2.38 bits per heavy atom. The van der Waals surface area contributed by atoms with Crippen LogP contribution >= 0.6 is 15.9 Å². The topological polar surface area (TPSA) is 59.6 Å². The molecule has 0 heterocycles. The number of hydrogen-bond donors (Lipinski definition) is 2. The van der Waals surface area contributed by atoms with E-state index < -0.39 is 0 Å². The molecule has 0 aliphatic carbocycles. The van der Waals surface area contributed by atoms with Crippen LogP contribution in [0.15, 0.2) is 46.9 Å². The molecular formula is C18H21BrN2O3. The Morgan fingerprint density at radius 2 is 1.71 bits per heavy atom. The Morgan fingerprint density at radius 1 is 1.00 bits per heavy atom. The lowest BCUT2D eigenvalue weighted by atomic mass is 10.2. The molecule has 0 spiro atoms. The Kier molecular flexibility index (Phi) is 7.08. The second-order valence-electron chi connectivity index (χ2n) is 5.13. The van der Waals surface area contributed by atoms with E-state index in [-0.39, 0.29) is 5.91 Å². The summed E-state index contributed by atoms with van der Waals surface area (Å²) in [5, 5.41) is 6.17. The molecule has 2 aromatic rings. The van der Waals surface area contributed by atoms with Crippen LogP contribution in [0.3, 0.4) is 0 Å². The van der Waals surface area contributed by atoms with Crippen molar-refractivity contribution in [1.82, 2.24) is 10.6 Å². The van der Waals surface area contributed by atoms with Crippen LogP contribution in [0.2, 0.25) is 0 Å². The van der Waals surface area contributed by atoms with Crippen LogP contribution in [0, 0.1) is 0 Å². The minimum Gasteiger partial charge on any atom is -0.493 e. The monoisotopic (exact) mass is 392 g/mol. The highest BCUT2D eigenvalue weighted by molar-refractivity contribution is 9.10. The number of hydrogen-bond acceptors (Lipinski definition) is 4. The standard InChI is InChI=1S/C18H21BrN2O3/c1-23-16-8-3-13(11-17(16)24-2)12-20-9-10-21-18(22)14-4-6-15(19)7-5-14/h3-8,11,20H,9-10,12H2,1-2H3,(H,21,22). The molecule has 0 aliphatic rings. The largest absolute Gasteiger partial charge is 0.493 e. The summed E-state index contributed by atoms with van der Waals surface area (Å²) in [7, 11) is 3.23. The Bertz CT molecular complexity index is 674. The molecule has 128 valence electrons. The summed E-state index contributed by atoms with van der Waals surface area (Å²) in [5.41, 5.74) is 1.74. The minimum absolute atomic E-state index is 0.0737. The van der Waals surface area contributed by atoms with E-state index in [2.05, 4.69) is 26.6 Å². The van der Waals surface area contributed by atoms with E-state index in [4.69, 9.17) is 9.47 Å². The Hall–Kier alpha value is -2.05. The smallest absolute Gasteiger partial charge is 0.251 e. The van der Waals surface area contributed by atoms with E-state index >= 15 is 0 Å². The highest BCUT2D eigenvalue weighted by atomic mass is 79.9. The predicted octanol–water partition coefficient (Wildman–Crippen LogP) is 2.99. The third-order valence-electron chi connectivity index (χ3n) is 3.47. The molecular weight excluding hydrogens is 372 g/mol. The molecule has 24 heavy (non-hydrogen) atoms. The number of methoxy groups -OCH3 is 2. The summed E-state index contributed by atoms with van der Waals surface area (Å²) in [5.74, 6) is 1.35. The zero-order valence-corrected chi connectivity index (χ0v) is 15.4. The zero-order valence-electron chi connectivity index (χ0n) is 13.8. The zero-order chi connectivity index (χ0) is 17.4. The number of benzene rings is 2. The molecule has 0 saturated heterocycles. The van der Waals surface area contributed by atoms with Gasteiger partial charge in [-0.2, -0.15) is 0 Å². The van der Waals surface area contributed by atoms with Gasteiger partial charge in [-0.15, -0.1) is 0 Å². The van der Waals surface area contributed by atoms with Crippen molar-refractivity contribution in [2.45, 2.75) is 6.54 Å². The maximum atomic E-state index is 12.0. The van der Waals surface area contributed by atoms with Crippen molar-refractivity contribution in [3.63, 3.8) is 0 Å².